The number of rotatable bonds is 22. The van der Waals surface area contributed by atoms with Crippen molar-refractivity contribution in [2.45, 2.75) is 51.4 Å². The third-order valence-electron chi connectivity index (χ3n) is 13.4. The van der Waals surface area contributed by atoms with Gasteiger partial charge in [0.25, 0.3) is 23.6 Å². The highest BCUT2D eigenvalue weighted by molar-refractivity contribution is 6.33. The summed E-state index contributed by atoms with van der Waals surface area (Å²) in [7, 11) is 0. The van der Waals surface area contributed by atoms with E-state index in [1.165, 1.54) is 21.6 Å². The Morgan fingerprint density at radius 1 is 0.422 bits per heavy atom. The minimum Gasteiger partial charge on any atom is -0.356 e. The monoisotopic (exact) mass is 870 g/mol. The normalized spacial score (nSPS) is 20.6. The third kappa shape index (κ3) is 11.4. The van der Waals surface area contributed by atoms with Crippen LogP contribution in [0.5, 0.6) is 0 Å². The van der Waals surface area contributed by atoms with Crippen molar-refractivity contribution in [3.63, 3.8) is 0 Å². The number of hydrogen-bond acceptors (Lipinski definition) is 10. The van der Waals surface area contributed by atoms with Crippen LogP contribution in [0.1, 0.15) is 92.8 Å². The summed E-state index contributed by atoms with van der Waals surface area (Å²) in [4.78, 5) is 92.0. The first-order valence-electron chi connectivity index (χ1n) is 23.4. The molecule has 0 spiro atoms. The predicted molar refractivity (Wildman–Crippen MR) is 244 cm³/mol. The van der Waals surface area contributed by atoms with Crippen molar-refractivity contribution in [1.29, 1.82) is 0 Å². The van der Waals surface area contributed by atoms with E-state index in [2.05, 4.69) is 30.2 Å². The molecule has 6 aliphatic rings. The van der Waals surface area contributed by atoms with Gasteiger partial charge in [0.1, 0.15) is 0 Å². The molecule has 2 saturated carbocycles. The van der Waals surface area contributed by atoms with E-state index < -0.39 is 23.6 Å². The van der Waals surface area contributed by atoms with Gasteiger partial charge in [0, 0.05) is 124 Å². The lowest BCUT2D eigenvalue weighted by Gasteiger charge is -2.36. The smallest absolute Gasteiger partial charge is 0.261 e. The Hall–Kier alpha value is -4.24. The van der Waals surface area contributed by atoms with E-state index in [0.29, 0.717) is 71.8 Å². The highest BCUT2D eigenvalue weighted by Gasteiger charge is 2.39. The maximum atomic E-state index is 13.9. The molecule has 2 aromatic rings. The van der Waals surface area contributed by atoms with Crippen LogP contribution in [0, 0.1) is 63.2 Å². The lowest BCUT2D eigenvalue weighted by atomic mass is 9.86. The second-order valence-corrected chi connectivity index (χ2v) is 17.7. The van der Waals surface area contributed by atoms with Gasteiger partial charge in [-0.15, -0.1) is 0 Å². The van der Waals surface area contributed by atoms with Gasteiger partial charge in [0.2, 0.25) is 11.8 Å². The molecule has 2 aliphatic carbocycles. The Bertz CT molecular complexity index is 1790. The van der Waals surface area contributed by atoms with Crippen molar-refractivity contribution < 1.29 is 28.8 Å². The molecule has 10 radical (unpaired) electrons. The number of carbonyl (C=O) groups excluding carboxylic acids is 6. The fraction of sp³-hybridized carbons (Fsp3) is 0.480. The molecule has 8 rings (SSSR count). The lowest BCUT2D eigenvalue weighted by molar-refractivity contribution is -0.121. The quantitative estimate of drug-likeness (QED) is 0.134. The van der Waals surface area contributed by atoms with Gasteiger partial charge in [-0.3, -0.25) is 38.6 Å². The Labute approximate surface area is 379 Å². The molecule has 0 bridgehead atoms. The summed E-state index contributed by atoms with van der Waals surface area (Å²) in [6, 6.07) is 6.59. The topological polar surface area (TPSA) is 146 Å². The zero-order chi connectivity index (χ0) is 44.4. The van der Waals surface area contributed by atoms with Crippen LogP contribution in [0.4, 0.5) is 0 Å². The molecule has 2 aromatic carbocycles. The highest BCUT2D eigenvalue weighted by atomic mass is 16.2. The molecule has 0 unspecified atom stereocenters. The molecule has 6 amide bonds. The molecule has 0 aromatic heterocycles. The first kappa shape index (κ1) is 46.3. The molecule has 14 nitrogen and oxygen atoms in total. The molecule has 2 saturated heterocycles. The number of nitrogens with one attached hydrogen (secondary N) is 2. The summed E-state index contributed by atoms with van der Waals surface area (Å²) in [5.41, 5.74) is 1.41. The molecule has 14 heteroatoms. The number of imide groups is 2. The summed E-state index contributed by atoms with van der Waals surface area (Å²) in [6.45, 7) is 12.6. The van der Waals surface area contributed by atoms with Gasteiger partial charge >= 0.3 is 0 Å². The zero-order valence-corrected chi connectivity index (χ0v) is 37.0. The Morgan fingerprint density at radius 3 is 1.03 bits per heavy atom. The second-order valence-electron chi connectivity index (χ2n) is 17.7. The van der Waals surface area contributed by atoms with Gasteiger partial charge < -0.3 is 30.2 Å². The summed E-state index contributed by atoms with van der Waals surface area (Å²) >= 11 is 0. The summed E-state index contributed by atoms with van der Waals surface area (Å²) in [6.07, 6.45) is 21.8. The van der Waals surface area contributed by atoms with E-state index in [4.69, 9.17) is 0 Å². The number of hydrogen-bond donors (Lipinski definition) is 2. The largest absolute Gasteiger partial charge is 0.356 e. The minimum atomic E-state index is -0.390. The highest BCUT2D eigenvalue weighted by Crippen LogP contribution is 2.38. The van der Waals surface area contributed by atoms with Crippen molar-refractivity contribution in [1.82, 2.24) is 40.0 Å². The Balaban J connectivity index is 0.735. The Kier molecular flexibility index (Phi) is 16.1. The van der Waals surface area contributed by atoms with E-state index in [-0.39, 0.29) is 24.9 Å². The van der Waals surface area contributed by atoms with Crippen molar-refractivity contribution in [2.24, 2.45) is 0 Å². The van der Waals surface area contributed by atoms with Gasteiger partial charge in [-0.25, -0.2) is 0 Å². The molecular formula is C50H62N8O6. The first-order valence-corrected chi connectivity index (χ1v) is 23.4. The van der Waals surface area contributed by atoms with Crippen molar-refractivity contribution in [3.8, 4) is 0 Å². The van der Waals surface area contributed by atoms with E-state index in [1.807, 2.05) is 51.4 Å². The van der Waals surface area contributed by atoms with E-state index in [0.717, 1.165) is 104 Å². The average Bonchev–Trinajstić information content (AvgIpc) is 4.05. The molecule has 338 valence electrons. The first-order chi connectivity index (χ1) is 31.2. The maximum absolute atomic E-state index is 13.9. The molecule has 4 heterocycles. The lowest BCUT2D eigenvalue weighted by Crippen LogP contribution is -2.48. The van der Waals surface area contributed by atoms with Gasteiger partial charge in [0.05, 0.1) is 0 Å². The number of amides is 6. The number of nitrogens with zero attached hydrogens (tertiary/aromatic N) is 6. The minimum absolute atomic E-state index is 0.0918. The molecule has 4 aliphatic heterocycles. The molecule has 4 fully saturated rings. The van der Waals surface area contributed by atoms with Crippen molar-refractivity contribution in [2.75, 3.05) is 105 Å². The van der Waals surface area contributed by atoms with Crippen LogP contribution in [0.3, 0.4) is 0 Å². The molecular weight excluding hydrogens is 809 g/mol. The number of piperazine rings is 2. The van der Waals surface area contributed by atoms with Gasteiger partial charge in [-0.05, 0) is 152 Å². The van der Waals surface area contributed by atoms with Crippen LogP contribution < -0.4 is 10.6 Å². The van der Waals surface area contributed by atoms with Crippen LogP contribution in [0.15, 0.2) is 24.3 Å². The van der Waals surface area contributed by atoms with Gasteiger partial charge in [0.15, 0.2) is 0 Å². The molecule has 2 N–H and O–H groups in total. The third-order valence-corrected chi connectivity index (χ3v) is 13.4. The predicted octanol–water partition coefficient (Wildman–Crippen LogP) is 3.43. The fourth-order valence-electron chi connectivity index (χ4n) is 9.67. The van der Waals surface area contributed by atoms with Crippen LogP contribution >= 0.6 is 0 Å². The molecule has 0 atom stereocenters. The van der Waals surface area contributed by atoms with E-state index in [1.54, 1.807) is 24.3 Å². The van der Waals surface area contributed by atoms with Crippen molar-refractivity contribution in [3.05, 3.63) is 110 Å². The summed E-state index contributed by atoms with van der Waals surface area (Å²) in [5, 5.41) is 6.90. The average molecular weight is 871 g/mol. The van der Waals surface area contributed by atoms with Crippen molar-refractivity contribution >= 4 is 46.2 Å². The molecule has 64 heavy (non-hydrogen) atoms. The van der Waals surface area contributed by atoms with Crippen LogP contribution in [0.25, 0.3) is 10.8 Å². The van der Waals surface area contributed by atoms with Gasteiger partial charge in [-0.1, -0.05) is 0 Å². The summed E-state index contributed by atoms with van der Waals surface area (Å²) < 4.78 is 0. The van der Waals surface area contributed by atoms with Crippen LogP contribution in [0.2, 0.25) is 0 Å². The standard InChI is InChI=1S/C50H62N8O6/c59-43(19-13-37-9-1-2-10-37)51-21-5-23-53-29-33-55(34-30-53)25-7-27-57-47(61)39-15-17-41-46-42(18-16-40(45(39)46)48(57)62)50(64)58(49(41)63)28-8-26-56-35-31-54(32-36-56)24-6-22-52-44(60)20-14-38-11-3-4-12-38/h1-4,9-12,15-18H,5-8,13-14,19-36H2,(H,51,59)(H,52,60). The zero-order valence-electron chi connectivity index (χ0n) is 37.0. The number of benzene rings is 2. The van der Waals surface area contributed by atoms with E-state index in [9.17, 15) is 28.8 Å². The second kappa shape index (κ2) is 22.3. The van der Waals surface area contributed by atoms with Crippen LogP contribution in [-0.2, 0) is 9.59 Å². The maximum Gasteiger partial charge on any atom is 0.261 e. The SMILES string of the molecule is O=C(CC[C]1[CH][CH][CH][CH]1)NCCCN1CCN(CCCN2C(=O)c3ccc4c5c(ccc(c35)C2=O)C(=O)N(CCCN2CCN(CCCNC(=O)CC[C]3[CH][CH][CH][CH]3)CC2)C4=O)CC1. The summed E-state index contributed by atoms with van der Waals surface area (Å²) in [5.74, 6) is 1.00. The Morgan fingerprint density at radius 2 is 0.719 bits per heavy atom. The fourth-order valence-corrected chi connectivity index (χ4v) is 9.67. The number of carbonyl (C=O) groups is 6. The van der Waals surface area contributed by atoms with Gasteiger partial charge in [-0.2, -0.15) is 0 Å². The van der Waals surface area contributed by atoms with Crippen LogP contribution in [-0.4, -0.2) is 170 Å². The van der Waals surface area contributed by atoms with E-state index >= 15 is 0 Å².